The number of carbonyl (C=O) groups excluding carboxylic acids is 4. The summed E-state index contributed by atoms with van der Waals surface area (Å²) >= 11 is 0. The van der Waals surface area contributed by atoms with Crippen LogP contribution in [0.5, 0.6) is 0 Å². The fraction of sp³-hybridized carbons (Fsp3) is 0.944. The molecule has 0 aromatic rings. The molecule has 0 saturated carbocycles. The van der Waals surface area contributed by atoms with Crippen LogP contribution in [0.1, 0.15) is 357 Å². The summed E-state index contributed by atoms with van der Waals surface area (Å²) in [5, 5.41) is 10.6. The molecule has 0 aliphatic rings. The number of unbranched alkanes of at least 4 members (excludes halogenated alkanes) is 33. The molecule has 0 radical (unpaired) electrons. The lowest BCUT2D eigenvalue weighted by atomic mass is 10.00. The molecule has 0 fully saturated rings. The van der Waals surface area contributed by atoms with Crippen LogP contribution in [0, 0.1) is 23.7 Å². The van der Waals surface area contributed by atoms with Crippen LogP contribution < -0.4 is 0 Å². The van der Waals surface area contributed by atoms with E-state index in [4.69, 9.17) is 37.0 Å². The minimum atomic E-state index is -4.96. The van der Waals surface area contributed by atoms with Gasteiger partial charge < -0.3 is 33.8 Å². The predicted octanol–water partition coefficient (Wildman–Crippen LogP) is 20.5. The summed E-state index contributed by atoms with van der Waals surface area (Å²) in [7, 11) is -9.91. The van der Waals surface area contributed by atoms with Crippen LogP contribution in [0.25, 0.3) is 0 Å². The zero-order chi connectivity index (χ0) is 67.5. The lowest BCUT2D eigenvalue weighted by molar-refractivity contribution is -0.161. The lowest BCUT2D eigenvalue weighted by Gasteiger charge is -2.21. The Bertz CT molecular complexity index is 1800. The summed E-state index contributed by atoms with van der Waals surface area (Å²) in [5.74, 6) is 0.890. The molecule has 0 aliphatic carbocycles. The summed E-state index contributed by atoms with van der Waals surface area (Å²) in [6.07, 6.45) is 44.5. The molecule has 19 heteroatoms. The van der Waals surface area contributed by atoms with Crippen molar-refractivity contribution in [2.45, 2.75) is 375 Å². The second kappa shape index (κ2) is 61.6. The van der Waals surface area contributed by atoms with Gasteiger partial charge in [0.05, 0.1) is 26.4 Å². The van der Waals surface area contributed by atoms with Crippen LogP contribution in [0.4, 0.5) is 0 Å². The van der Waals surface area contributed by atoms with Crippen molar-refractivity contribution in [1.82, 2.24) is 0 Å². The van der Waals surface area contributed by atoms with Gasteiger partial charge in [-0.05, 0) is 49.4 Å². The standard InChI is InChI=1S/C72H140O17P2/c1-9-64(7)50-42-34-28-30-37-45-53-70(75)83-59-68(89-72(77)55-47-39-31-29-35-43-51-65(8)10-2)61-87-91(80,81)85-57-66(73)56-84-90(78,79)86-60-67(58-82-69(74)52-44-36-26-22-18-15-14-17-21-25-33-41-49-63(5)6)88-71(76)54-46-38-27-23-19-13-11-12-16-20-24-32-40-48-62(3)4/h62-68,73H,9-61H2,1-8H3,(H,78,79)(H,80,81)/t64?,65?,66-,67-,68-/m1/s1. The highest BCUT2D eigenvalue weighted by Gasteiger charge is 2.30. The maximum absolute atomic E-state index is 13.0. The molecule has 0 aromatic heterocycles. The van der Waals surface area contributed by atoms with Crippen LogP contribution in [0.3, 0.4) is 0 Å². The number of aliphatic hydroxyl groups excluding tert-OH is 1. The first kappa shape index (κ1) is 89.1. The first-order valence-corrected chi connectivity index (χ1v) is 40.3. The summed E-state index contributed by atoms with van der Waals surface area (Å²) in [6, 6.07) is 0. The van der Waals surface area contributed by atoms with E-state index in [1.807, 2.05) is 0 Å². The second-order valence-corrected chi connectivity index (χ2v) is 30.3. The Hall–Kier alpha value is -1.94. The molecule has 0 aliphatic heterocycles. The van der Waals surface area contributed by atoms with Gasteiger partial charge in [-0.1, -0.05) is 306 Å². The number of aliphatic hydroxyl groups is 1. The van der Waals surface area contributed by atoms with Crippen molar-refractivity contribution in [2.24, 2.45) is 23.7 Å². The predicted molar refractivity (Wildman–Crippen MR) is 367 cm³/mol. The van der Waals surface area contributed by atoms with Crippen LogP contribution in [0.15, 0.2) is 0 Å². The van der Waals surface area contributed by atoms with E-state index < -0.39 is 97.5 Å². The van der Waals surface area contributed by atoms with E-state index in [9.17, 15) is 43.2 Å². The van der Waals surface area contributed by atoms with E-state index in [1.54, 1.807) is 0 Å². The minimum Gasteiger partial charge on any atom is -0.462 e. The lowest BCUT2D eigenvalue weighted by Crippen LogP contribution is -2.30. The molecular weight excluding hydrogens is 1200 g/mol. The van der Waals surface area contributed by atoms with Crippen molar-refractivity contribution in [2.75, 3.05) is 39.6 Å². The Morgan fingerprint density at radius 1 is 0.308 bits per heavy atom. The van der Waals surface area contributed by atoms with Crippen LogP contribution in [-0.2, 0) is 65.4 Å². The number of esters is 4. The topological polar surface area (TPSA) is 237 Å². The molecule has 0 saturated heterocycles. The molecule has 0 spiro atoms. The van der Waals surface area contributed by atoms with Gasteiger partial charge in [0.25, 0.3) is 0 Å². The van der Waals surface area contributed by atoms with Crippen LogP contribution in [0.2, 0.25) is 0 Å². The zero-order valence-corrected chi connectivity index (χ0v) is 61.3. The number of phosphoric acid groups is 2. The monoisotopic (exact) mass is 1340 g/mol. The van der Waals surface area contributed by atoms with Gasteiger partial charge in [0.2, 0.25) is 0 Å². The van der Waals surface area contributed by atoms with Gasteiger partial charge >= 0.3 is 39.5 Å². The van der Waals surface area contributed by atoms with Gasteiger partial charge in [-0.3, -0.25) is 37.3 Å². The van der Waals surface area contributed by atoms with E-state index in [0.717, 1.165) is 120 Å². The van der Waals surface area contributed by atoms with Gasteiger partial charge in [-0.2, -0.15) is 0 Å². The minimum absolute atomic E-state index is 0.102. The quantitative estimate of drug-likeness (QED) is 0.0222. The fourth-order valence-corrected chi connectivity index (χ4v) is 12.4. The molecule has 7 atom stereocenters. The number of phosphoric ester groups is 2. The maximum Gasteiger partial charge on any atom is 0.472 e. The summed E-state index contributed by atoms with van der Waals surface area (Å²) in [5.41, 5.74) is 0. The average Bonchev–Trinajstić information content (AvgIpc) is 3.24. The number of hydrogen-bond donors (Lipinski definition) is 3. The van der Waals surface area contributed by atoms with E-state index in [-0.39, 0.29) is 25.7 Å². The van der Waals surface area contributed by atoms with Crippen molar-refractivity contribution in [1.29, 1.82) is 0 Å². The van der Waals surface area contributed by atoms with Crippen molar-refractivity contribution in [3.05, 3.63) is 0 Å². The maximum atomic E-state index is 13.0. The fourth-order valence-electron chi connectivity index (χ4n) is 10.8. The summed E-state index contributed by atoms with van der Waals surface area (Å²) in [4.78, 5) is 72.6. The Balaban J connectivity index is 5.25. The Labute approximate surface area is 556 Å². The van der Waals surface area contributed by atoms with Crippen LogP contribution >= 0.6 is 15.6 Å². The van der Waals surface area contributed by atoms with Gasteiger partial charge in [0, 0.05) is 25.7 Å². The Kier molecular flexibility index (Phi) is 60.3. The normalized spacial score (nSPS) is 14.8. The largest absolute Gasteiger partial charge is 0.472 e. The van der Waals surface area contributed by atoms with Gasteiger partial charge in [-0.15, -0.1) is 0 Å². The summed E-state index contributed by atoms with van der Waals surface area (Å²) in [6.45, 7) is 14.1. The third-order valence-corrected chi connectivity index (χ3v) is 19.2. The Morgan fingerprint density at radius 2 is 0.527 bits per heavy atom. The van der Waals surface area contributed by atoms with E-state index in [2.05, 4.69) is 55.4 Å². The van der Waals surface area contributed by atoms with Crippen molar-refractivity contribution >= 4 is 39.5 Å². The second-order valence-electron chi connectivity index (χ2n) is 27.4. The number of rotatable bonds is 69. The van der Waals surface area contributed by atoms with Crippen LogP contribution in [-0.4, -0.2) is 96.7 Å². The molecule has 4 unspecified atom stereocenters. The van der Waals surface area contributed by atoms with E-state index >= 15 is 0 Å². The van der Waals surface area contributed by atoms with Crippen molar-refractivity contribution in [3.8, 4) is 0 Å². The van der Waals surface area contributed by atoms with Gasteiger partial charge in [-0.25, -0.2) is 9.13 Å². The number of carbonyl (C=O) groups is 4. The number of hydrogen-bond acceptors (Lipinski definition) is 15. The Morgan fingerprint density at radius 3 is 0.780 bits per heavy atom. The third-order valence-electron chi connectivity index (χ3n) is 17.3. The van der Waals surface area contributed by atoms with Gasteiger partial charge in [0.1, 0.15) is 19.3 Å². The summed E-state index contributed by atoms with van der Waals surface area (Å²) < 4.78 is 68.3. The van der Waals surface area contributed by atoms with Crippen molar-refractivity contribution < 1.29 is 80.2 Å². The smallest absolute Gasteiger partial charge is 0.462 e. The zero-order valence-electron chi connectivity index (χ0n) is 59.5. The first-order valence-electron chi connectivity index (χ1n) is 37.3. The molecule has 17 nitrogen and oxygen atoms in total. The molecule has 0 rings (SSSR count). The molecule has 0 heterocycles. The molecule has 91 heavy (non-hydrogen) atoms. The van der Waals surface area contributed by atoms with Crippen molar-refractivity contribution in [3.63, 3.8) is 0 Å². The SMILES string of the molecule is CCC(C)CCCCCCCCC(=O)OC[C@H](COP(=O)(O)OC[C@H](O)COP(=O)(O)OC[C@@H](COC(=O)CCCCCCCCCCCCCCC(C)C)OC(=O)CCCCCCCCCCCCCCCC(C)C)OC(=O)CCCCCCCCC(C)CC. The molecule has 3 N–H and O–H groups in total. The highest BCUT2D eigenvalue weighted by atomic mass is 31.2. The molecule has 0 bridgehead atoms. The van der Waals surface area contributed by atoms with Gasteiger partial charge in [0.15, 0.2) is 12.2 Å². The molecule has 540 valence electrons. The highest BCUT2D eigenvalue weighted by molar-refractivity contribution is 7.47. The van der Waals surface area contributed by atoms with E-state index in [0.29, 0.717) is 25.7 Å². The molecule has 0 amide bonds. The first-order chi connectivity index (χ1) is 43.7. The molecular formula is C72H140O17P2. The highest BCUT2D eigenvalue weighted by Crippen LogP contribution is 2.45. The third kappa shape index (κ3) is 63.9. The average molecular weight is 1340 g/mol. The molecule has 0 aromatic carbocycles. The number of ether oxygens (including phenoxy) is 4. The van der Waals surface area contributed by atoms with E-state index in [1.165, 1.54) is 154 Å².